The monoisotopic (exact) mass is 327 g/mol. The van der Waals surface area contributed by atoms with Gasteiger partial charge >= 0.3 is 0 Å². The van der Waals surface area contributed by atoms with E-state index in [2.05, 4.69) is 16.7 Å². The lowest BCUT2D eigenvalue weighted by molar-refractivity contribution is -0.135. The Labute approximate surface area is 143 Å². The van der Waals surface area contributed by atoms with Crippen LogP contribution in [-0.4, -0.2) is 42.4 Å². The van der Waals surface area contributed by atoms with E-state index in [-0.39, 0.29) is 17.9 Å². The highest BCUT2D eigenvalue weighted by Crippen LogP contribution is 2.22. The molecule has 3 rings (SSSR count). The molecule has 0 radical (unpaired) electrons. The maximum atomic E-state index is 12.5. The Bertz CT molecular complexity index is 637. The molecule has 2 aliphatic heterocycles. The van der Waals surface area contributed by atoms with Gasteiger partial charge in [0.25, 0.3) is 0 Å². The van der Waals surface area contributed by atoms with Crippen LogP contribution in [0.15, 0.2) is 35.9 Å². The first-order valence-corrected chi connectivity index (χ1v) is 8.65. The van der Waals surface area contributed by atoms with Crippen LogP contribution < -0.4 is 10.6 Å². The number of amides is 2. The summed E-state index contributed by atoms with van der Waals surface area (Å²) in [4.78, 5) is 26.5. The average molecular weight is 327 g/mol. The molecule has 5 heteroatoms. The number of likely N-dealkylation sites (tertiary alicyclic amines) is 1. The van der Waals surface area contributed by atoms with E-state index in [0.717, 1.165) is 25.1 Å². The lowest BCUT2D eigenvalue weighted by atomic mass is 10.1. The lowest BCUT2D eigenvalue weighted by Gasteiger charge is -2.25. The van der Waals surface area contributed by atoms with Gasteiger partial charge in [-0.3, -0.25) is 9.59 Å². The molecule has 2 heterocycles. The molecule has 1 aromatic rings. The molecule has 1 aromatic carbocycles. The Balaban J connectivity index is 1.60. The maximum Gasteiger partial charge on any atom is 0.243 e. The number of carbonyl (C=O) groups excluding carboxylic acids is 2. The number of hydrogen-bond acceptors (Lipinski definition) is 3. The number of nitrogens with one attached hydrogen (secondary N) is 2. The van der Waals surface area contributed by atoms with Gasteiger partial charge in [-0.15, -0.1) is 0 Å². The normalized spacial score (nSPS) is 20.9. The van der Waals surface area contributed by atoms with E-state index in [1.54, 1.807) is 4.90 Å². The fraction of sp³-hybridized carbons (Fsp3) is 0.474. The van der Waals surface area contributed by atoms with Crippen molar-refractivity contribution < 1.29 is 9.59 Å². The highest BCUT2D eigenvalue weighted by molar-refractivity contribution is 5.91. The number of hydrogen-bond donors (Lipinski definition) is 2. The highest BCUT2D eigenvalue weighted by Gasteiger charge is 2.35. The molecule has 0 aliphatic carbocycles. The highest BCUT2D eigenvalue weighted by atomic mass is 16.2. The van der Waals surface area contributed by atoms with Crippen molar-refractivity contribution in [3.63, 3.8) is 0 Å². The summed E-state index contributed by atoms with van der Waals surface area (Å²) in [5.41, 5.74) is 3.52. The number of nitrogens with zero attached hydrogens (tertiary/aromatic N) is 1. The summed E-state index contributed by atoms with van der Waals surface area (Å²) in [6.07, 6.45) is 4.16. The lowest BCUT2D eigenvalue weighted by Crippen LogP contribution is -2.45. The van der Waals surface area contributed by atoms with Crippen molar-refractivity contribution in [3.8, 4) is 0 Å². The van der Waals surface area contributed by atoms with Gasteiger partial charge < -0.3 is 15.5 Å². The van der Waals surface area contributed by atoms with Crippen molar-refractivity contribution in [2.45, 2.75) is 38.8 Å². The number of benzene rings is 1. The molecular weight excluding hydrogens is 302 g/mol. The molecule has 0 spiro atoms. The van der Waals surface area contributed by atoms with E-state index in [9.17, 15) is 9.59 Å². The van der Waals surface area contributed by atoms with Crippen LogP contribution in [0.3, 0.4) is 0 Å². The minimum Gasteiger partial charge on any atom is -0.351 e. The van der Waals surface area contributed by atoms with Crippen LogP contribution >= 0.6 is 0 Å². The predicted octanol–water partition coefficient (Wildman–Crippen LogP) is 1.52. The van der Waals surface area contributed by atoms with Crippen molar-refractivity contribution in [2.24, 2.45) is 0 Å². The van der Waals surface area contributed by atoms with Crippen molar-refractivity contribution in [3.05, 3.63) is 47.0 Å². The van der Waals surface area contributed by atoms with Gasteiger partial charge in [-0.05, 0) is 31.9 Å². The molecule has 2 N–H and O–H groups in total. The molecule has 0 bridgehead atoms. The average Bonchev–Trinajstić information content (AvgIpc) is 2.96. The van der Waals surface area contributed by atoms with Gasteiger partial charge in [-0.1, -0.05) is 41.5 Å². The van der Waals surface area contributed by atoms with Gasteiger partial charge in [0.15, 0.2) is 0 Å². The third-order valence-corrected chi connectivity index (χ3v) is 4.75. The third kappa shape index (κ3) is 4.03. The van der Waals surface area contributed by atoms with Crippen LogP contribution in [0.25, 0.3) is 0 Å². The summed E-state index contributed by atoms with van der Waals surface area (Å²) in [5, 5.41) is 6.27. The van der Waals surface area contributed by atoms with Crippen LogP contribution in [0.5, 0.6) is 0 Å². The molecule has 5 nitrogen and oxygen atoms in total. The van der Waals surface area contributed by atoms with Gasteiger partial charge in [0, 0.05) is 26.1 Å². The second-order valence-electron chi connectivity index (χ2n) is 6.60. The Kier molecular flexibility index (Phi) is 5.30. The molecule has 0 saturated carbocycles. The largest absolute Gasteiger partial charge is 0.351 e. The first-order valence-electron chi connectivity index (χ1n) is 8.65. The molecule has 24 heavy (non-hydrogen) atoms. The third-order valence-electron chi connectivity index (χ3n) is 4.75. The predicted molar refractivity (Wildman–Crippen MR) is 93.3 cm³/mol. The molecule has 1 saturated heterocycles. The van der Waals surface area contributed by atoms with Crippen molar-refractivity contribution >= 4 is 11.8 Å². The Hall–Kier alpha value is -2.14. The molecule has 1 fully saturated rings. The second kappa shape index (κ2) is 7.62. The summed E-state index contributed by atoms with van der Waals surface area (Å²) in [5.74, 6) is 0.0317. The zero-order chi connectivity index (χ0) is 16.9. The van der Waals surface area contributed by atoms with Crippen LogP contribution in [-0.2, 0) is 16.1 Å². The van der Waals surface area contributed by atoms with Gasteiger partial charge in [0.2, 0.25) is 11.8 Å². The van der Waals surface area contributed by atoms with Gasteiger partial charge in [0.1, 0.15) is 6.04 Å². The number of rotatable bonds is 5. The Morgan fingerprint density at radius 3 is 2.79 bits per heavy atom. The molecule has 1 unspecified atom stereocenters. The van der Waals surface area contributed by atoms with Crippen LogP contribution in [0.1, 0.15) is 30.4 Å². The summed E-state index contributed by atoms with van der Waals surface area (Å²) in [6.45, 7) is 4.96. The van der Waals surface area contributed by atoms with Gasteiger partial charge in [-0.2, -0.15) is 0 Å². The van der Waals surface area contributed by atoms with Crippen molar-refractivity contribution in [2.75, 3.05) is 19.6 Å². The fourth-order valence-electron chi connectivity index (χ4n) is 3.24. The van der Waals surface area contributed by atoms with E-state index in [1.165, 1.54) is 11.1 Å². The quantitative estimate of drug-likeness (QED) is 0.806. The SMILES string of the molecule is Cc1ccc(CN2C(=O)CCC2C(=O)NCC2=CCNCC2)cc1. The van der Waals surface area contributed by atoms with Crippen LogP contribution in [0.2, 0.25) is 0 Å². The molecule has 128 valence electrons. The topological polar surface area (TPSA) is 61.4 Å². The van der Waals surface area contributed by atoms with E-state index in [4.69, 9.17) is 0 Å². The summed E-state index contributed by atoms with van der Waals surface area (Å²) < 4.78 is 0. The zero-order valence-electron chi connectivity index (χ0n) is 14.2. The fourth-order valence-corrected chi connectivity index (χ4v) is 3.24. The van der Waals surface area contributed by atoms with E-state index in [1.807, 2.05) is 31.2 Å². The van der Waals surface area contributed by atoms with E-state index in [0.29, 0.717) is 25.9 Å². The zero-order valence-corrected chi connectivity index (χ0v) is 14.2. The number of carbonyl (C=O) groups is 2. The van der Waals surface area contributed by atoms with Crippen molar-refractivity contribution in [1.29, 1.82) is 0 Å². The minimum absolute atomic E-state index is 0.0348. The van der Waals surface area contributed by atoms with E-state index < -0.39 is 0 Å². The Morgan fingerprint density at radius 1 is 1.29 bits per heavy atom. The molecule has 2 aliphatic rings. The first-order chi connectivity index (χ1) is 11.6. The summed E-state index contributed by atoms with van der Waals surface area (Å²) in [7, 11) is 0. The van der Waals surface area contributed by atoms with Crippen LogP contribution in [0, 0.1) is 6.92 Å². The number of aryl methyl sites for hydroxylation is 1. The molecule has 1 atom stereocenters. The van der Waals surface area contributed by atoms with Gasteiger partial charge in [0.05, 0.1) is 0 Å². The molecule has 0 aromatic heterocycles. The second-order valence-corrected chi connectivity index (χ2v) is 6.60. The van der Waals surface area contributed by atoms with Crippen molar-refractivity contribution in [1.82, 2.24) is 15.5 Å². The molecule has 2 amide bonds. The summed E-state index contributed by atoms with van der Waals surface area (Å²) in [6, 6.07) is 7.77. The van der Waals surface area contributed by atoms with Gasteiger partial charge in [-0.25, -0.2) is 0 Å². The molecular formula is C19H25N3O2. The minimum atomic E-state index is -0.346. The standard InChI is InChI=1S/C19H25N3O2/c1-14-2-4-16(5-3-14)13-22-17(6-7-18(22)23)19(24)21-12-15-8-10-20-11-9-15/h2-5,8,17,20H,6-7,9-13H2,1H3,(H,21,24). The first kappa shape index (κ1) is 16.7. The summed E-state index contributed by atoms with van der Waals surface area (Å²) >= 11 is 0. The van der Waals surface area contributed by atoms with E-state index >= 15 is 0 Å². The Morgan fingerprint density at radius 2 is 2.08 bits per heavy atom. The maximum absolute atomic E-state index is 12.5. The smallest absolute Gasteiger partial charge is 0.243 e. The van der Waals surface area contributed by atoms with Crippen LogP contribution in [0.4, 0.5) is 0 Å².